The van der Waals surface area contributed by atoms with Crippen molar-refractivity contribution < 1.29 is 13.9 Å². The molecule has 1 amide bonds. The van der Waals surface area contributed by atoms with E-state index in [1.807, 2.05) is 4.90 Å². The number of aryl methyl sites for hydroxylation is 1. The Bertz CT molecular complexity index is 808. The highest BCUT2D eigenvalue weighted by atomic mass is 16.5. The van der Waals surface area contributed by atoms with Crippen LogP contribution in [0.3, 0.4) is 0 Å². The molecule has 27 heavy (non-hydrogen) atoms. The Morgan fingerprint density at radius 1 is 1.33 bits per heavy atom. The van der Waals surface area contributed by atoms with Crippen molar-refractivity contribution in [3.05, 3.63) is 29.7 Å². The Labute approximate surface area is 158 Å². The lowest BCUT2D eigenvalue weighted by Gasteiger charge is -2.39. The third-order valence-corrected chi connectivity index (χ3v) is 5.93. The van der Waals surface area contributed by atoms with E-state index in [0.29, 0.717) is 24.1 Å². The van der Waals surface area contributed by atoms with Crippen molar-refractivity contribution in [2.75, 3.05) is 33.8 Å². The Morgan fingerprint density at radius 3 is 2.78 bits per heavy atom. The van der Waals surface area contributed by atoms with Crippen LogP contribution in [0.25, 0.3) is 0 Å². The molecule has 9 heteroatoms. The van der Waals surface area contributed by atoms with Crippen molar-refractivity contribution in [3.63, 3.8) is 0 Å². The third-order valence-electron chi connectivity index (χ3n) is 5.93. The second kappa shape index (κ2) is 7.05. The molecule has 0 bridgehead atoms. The molecular weight excluding hydrogens is 348 g/mol. The Hall–Kier alpha value is -2.26. The quantitative estimate of drug-likeness (QED) is 0.795. The first kappa shape index (κ1) is 18.1. The summed E-state index contributed by atoms with van der Waals surface area (Å²) in [4.78, 5) is 16.9. The largest absolute Gasteiger partial charge is 0.421 e. The fourth-order valence-corrected chi connectivity index (χ4v) is 4.42. The van der Waals surface area contributed by atoms with Crippen LogP contribution in [-0.4, -0.2) is 69.5 Å². The van der Waals surface area contributed by atoms with Crippen molar-refractivity contribution in [1.29, 1.82) is 0 Å². The molecule has 2 aliphatic heterocycles. The van der Waals surface area contributed by atoms with Crippen molar-refractivity contribution in [2.24, 2.45) is 12.5 Å². The monoisotopic (exact) mass is 374 g/mol. The van der Waals surface area contributed by atoms with E-state index >= 15 is 0 Å². The van der Waals surface area contributed by atoms with Crippen LogP contribution in [0, 0.1) is 5.41 Å². The van der Waals surface area contributed by atoms with Gasteiger partial charge in [-0.25, -0.2) is 0 Å². The molecule has 146 valence electrons. The number of piperidine rings is 1. The van der Waals surface area contributed by atoms with Crippen LogP contribution in [0.15, 0.2) is 16.7 Å². The fraction of sp³-hybridized carbons (Fsp3) is 0.667. The van der Waals surface area contributed by atoms with Crippen LogP contribution in [-0.2, 0) is 18.4 Å². The van der Waals surface area contributed by atoms with Crippen LogP contribution in [0.2, 0.25) is 0 Å². The van der Waals surface area contributed by atoms with Crippen LogP contribution in [0.4, 0.5) is 0 Å². The zero-order valence-corrected chi connectivity index (χ0v) is 16.1. The van der Waals surface area contributed by atoms with Gasteiger partial charge in [-0.2, -0.15) is 5.10 Å². The van der Waals surface area contributed by atoms with Gasteiger partial charge in [0.05, 0.1) is 6.04 Å². The first-order chi connectivity index (χ1) is 13.0. The van der Waals surface area contributed by atoms with Crippen LogP contribution < -0.4 is 0 Å². The highest BCUT2D eigenvalue weighted by molar-refractivity contribution is 5.92. The van der Waals surface area contributed by atoms with E-state index in [2.05, 4.69) is 27.2 Å². The summed E-state index contributed by atoms with van der Waals surface area (Å²) in [6.45, 7) is 2.85. The predicted octanol–water partition coefficient (Wildman–Crippen LogP) is 1.25. The SMILES string of the molecule is COCc1nnc(C2CC3(CCN(C(=O)c4ccnn4C)CC3)CN2C)o1. The van der Waals surface area contributed by atoms with Crippen LogP contribution in [0.1, 0.15) is 47.6 Å². The predicted molar refractivity (Wildman–Crippen MR) is 95.8 cm³/mol. The topological polar surface area (TPSA) is 89.5 Å². The maximum Gasteiger partial charge on any atom is 0.272 e. The van der Waals surface area contributed by atoms with Gasteiger partial charge in [0.15, 0.2) is 0 Å². The highest BCUT2D eigenvalue weighted by Crippen LogP contribution is 2.48. The van der Waals surface area contributed by atoms with Gasteiger partial charge in [-0.3, -0.25) is 14.4 Å². The van der Waals surface area contributed by atoms with Gasteiger partial charge in [0.1, 0.15) is 12.3 Å². The summed E-state index contributed by atoms with van der Waals surface area (Å²) in [6, 6.07) is 1.90. The molecule has 0 N–H and O–H groups in total. The minimum absolute atomic E-state index is 0.0638. The Kier molecular flexibility index (Phi) is 4.73. The smallest absolute Gasteiger partial charge is 0.272 e. The van der Waals surface area contributed by atoms with Gasteiger partial charge in [0, 0.05) is 40.0 Å². The first-order valence-electron chi connectivity index (χ1n) is 9.30. The number of methoxy groups -OCH3 is 1. The molecule has 1 unspecified atom stereocenters. The standard InChI is InChI=1S/C18H26N6O3/c1-22-12-18(10-14(22)16-21-20-15(27-16)11-26-3)5-8-24(9-6-18)17(25)13-4-7-19-23(13)2/h4,7,14H,5-6,8-12H2,1-3H3. The van der Waals surface area contributed by atoms with Crippen molar-refractivity contribution >= 4 is 5.91 Å². The lowest BCUT2D eigenvalue weighted by Crippen LogP contribution is -2.44. The molecule has 9 nitrogen and oxygen atoms in total. The Balaban J connectivity index is 1.41. The van der Waals surface area contributed by atoms with Gasteiger partial charge in [-0.1, -0.05) is 0 Å². The zero-order valence-electron chi connectivity index (χ0n) is 16.1. The lowest BCUT2D eigenvalue weighted by atomic mass is 9.76. The van der Waals surface area contributed by atoms with E-state index in [0.717, 1.165) is 38.9 Å². The van der Waals surface area contributed by atoms with Crippen molar-refractivity contribution in [2.45, 2.75) is 31.9 Å². The van der Waals surface area contributed by atoms with E-state index in [9.17, 15) is 4.79 Å². The zero-order chi connectivity index (χ0) is 19.0. The average Bonchev–Trinajstić information content (AvgIpc) is 3.35. The molecule has 0 aliphatic carbocycles. The van der Waals surface area contributed by atoms with Crippen LogP contribution in [0.5, 0.6) is 0 Å². The number of aromatic nitrogens is 4. The number of rotatable bonds is 4. The van der Waals surface area contributed by atoms with Crippen LogP contribution >= 0.6 is 0 Å². The number of carbonyl (C=O) groups is 1. The highest BCUT2D eigenvalue weighted by Gasteiger charge is 2.47. The number of ether oxygens (including phenoxy) is 1. The van der Waals surface area contributed by atoms with Gasteiger partial charge in [0.2, 0.25) is 11.8 Å². The summed E-state index contributed by atoms with van der Waals surface area (Å²) >= 11 is 0. The van der Waals surface area contributed by atoms with E-state index in [4.69, 9.17) is 9.15 Å². The molecular formula is C18H26N6O3. The summed E-state index contributed by atoms with van der Waals surface area (Å²) in [5, 5.41) is 12.4. The minimum atomic E-state index is 0.0638. The van der Waals surface area contributed by atoms with Crippen molar-refractivity contribution in [1.82, 2.24) is 29.8 Å². The van der Waals surface area contributed by atoms with Gasteiger partial charge < -0.3 is 14.1 Å². The number of likely N-dealkylation sites (tertiary alicyclic amines) is 2. The summed E-state index contributed by atoms with van der Waals surface area (Å²) in [6.07, 6.45) is 4.61. The molecule has 0 radical (unpaired) electrons. The van der Waals surface area contributed by atoms with Crippen molar-refractivity contribution in [3.8, 4) is 0 Å². The summed E-state index contributed by atoms with van der Waals surface area (Å²) in [5.41, 5.74) is 0.836. The number of amides is 1. The Morgan fingerprint density at radius 2 is 2.11 bits per heavy atom. The molecule has 4 rings (SSSR count). The van der Waals surface area contributed by atoms with Gasteiger partial charge in [-0.05, 0) is 37.8 Å². The van der Waals surface area contributed by atoms with Gasteiger partial charge in [0.25, 0.3) is 5.91 Å². The molecule has 0 saturated carbocycles. The molecule has 2 aromatic rings. The summed E-state index contributed by atoms with van der Waals surface area (Å²) in [5.74, 6) is 1.24. The normalized spacial score (nSPS) is 22.6. The van der Waals surface area contributed by atoms with E-state index in [1.165, 1.54) is 0 Å². The number of hydrogen-bond donors (Lipinski definition) is 0. The molecule has 2 fully saturated rings. The molecule has 2 saturated heterocycles. The maximum absolute atomic E-state index is 12.7. The average molecular weight is 374 g/mol. The second-order valence-electron chi connectivity index (χ2n) is 7.73. The molecule has 0 aromatic carbocycles. The number of nitrogens with zero attached hydrogens (tertiary/aromatic N) is 6. The fourth-order valence-electron chi connectivity index (χ4n) is 4.42. The molecule has 4 heterocycles. The van der Waals surface area contributed by atoms with Gasteiger partial charge in [-0.15, -0.1) is 10.2 Å². The van der Waals surface area contributed by atoms with E-state index in [1.54, 1.807) is 31.1 Å². The van der Waals surface area contributed by atoms with Gasteiger partial charge >= 0.3 is 0 Å². The first-order valence-corrected chi connectivity index (χ1v) is 9.30. The molecule has 2 aromatic heterocycles. The summed E-state index contributed by atoms with van der Waals surface area (Å²) < 4.78 is 12.5. The third kappa shape index (κ3) is 3.37. The maximum atomic E-state index is 12.7. The minimum Gasteiger partial charge on any atom is -0.421 e. The molecule has 2 aliphatic rings. The van der Waals surface area contributed by atoms with E-state index in [-0.39, 0.29) is 17.4 Å². The molecule has 1 atom stereocenters. The lowest BCUT2D eigenvalue weighted by molar-refractivity contribution is 0.0582. The summed E-state index contributed by atoms with van der Waals surface area (Å²) in [7, 11) is 5.52. The molecule has 1 spiro atoms. The number of carbonyl (C=O) groups excluding carboxylic acids is 1. The second-order valence-corrected chi connectivity index (χ2v) is 7.73. The number of hydrogen-bond acceptors (Lipinski definition) is 7. The van der Waals surface area contributed by atoms with E-state index < -0.39 is 0 Å².